The number of halogens is 2. The van der Waals surface area contributed by atoms with Crippen LogP contribution in [0.4, 0.5) is 0 Å². The number of esters is 1. The summed E-state index contributed by atoms with van der Waals surface area (Å²) in [6.45, 7) is 5.66. The van der Waals surface area contributed by atoms with Crippen LogP contribution >= 0.6 is 28.3 Å². The van der Waals surface area contributed by atoms with E-state index in [0.29, 0.717) is 22.4 Å². The summed E-state index contributed by atoms with van der Waals surface area (Å²) in [6.07, 6.45) is 0. The predicted octanol–water partition coefficient (Wildman–Crippen LogP) is 3.17. The van der Waals surface area contributed by atoms with Crippen molar-refractivity contribution in [1.82, 2.24) is 0 Å². The minimum Gasteiger partial charge on any atom is -0.503 e. The van der Waals surface area contributed by atoms with Crippen molar-refractivity contribution in [3.05, 3.63) is 22.2 Å². The smallest absolute Gasteiger partial charge is 0.313 e. The highest BCUT2D eigenvalue weighted by atomic mass is 79.9. The Morgan fingerprint density at radius 1 is 1.48 bits per heavy atom. The first-order chi connectivity index (χ1) is 9.25. The highest BCUT2D eigenvalue weighted by Gasteiger charge is 2.37. The zero-order valence-corrected chi connectivity index (χ0v) is 14.9. The Morgan fingerprint density at radius 2 is 2.05 bits per heavy atom. The molecule has 0 aliphatic rings. The van der Waals surface area contributed by atoms with Gasteiger partial charge in [-0.3, -0.25) is 4.79 Å². The quantitative estimate of drug-likeness (QED) is 0.764. The number of carbonyl (C=O) groups is 1. The topological polar surface area (TPSA) is 81.8 Å². The van der Waals surface area contributed by atoms with Gasteiger partial charge in [0.25, 0.3) is 0 Å². The second-order valence-corrected chi connectivity index (χ2v) is 5.83. The van der Waals surface area contributed by atoms with Crippen molar-refractivity contribution in [2.75, 3.05) is 13.7 Å². The summed E-state index contributed by atoms with van der Waals surface area (Å²) in [5, 5.41) is 9.89. The van der Waals surface area contributed by atoms with Crippen molar-refractivity contribution in [2.24, 2.45) is 11.1 Å². The summed E-state index contributed by atoms with van der Waals surface area (Å²) >= 11 is 3.25. The number of ether oxygens (including phenoxy) is 2. The van der Waals surface area contributed by atoms with Gasteiger partial charge in [-0.15, -0.1) is 12.4 Å². The largest absolute Gasteiger partial charge is 0.503 e. The highest BCUT2D eigenvalue weighted by molar-refractivity contribution is 9.10. The average Bonchev–Trinajstić information content (AvgIpc) is 2.41. The van der Waals surface area contributed by atoms with E-state index in [0.717, 1.165) is 0 Å². The Labute approximate surface area is 139 Å². The second-order valence-electron chi connectivity index (χ2n) is 4.97. The maximum Gasteiger partial charge on any atom is 0.313 e. The Kier molecular flexibility index (Phi) is 7.50. The fourth-order valence-corrected chi connectivity index (χ4v) is 2.31. The maximum absolute atomic E-state index is 11.8. The number of hydrogen-bond acceptors (Lipinski definition) is 5. The van der Waals surface area contributed by atoms with Crippen LogP contribution in [-0.2, 0) is 9.53 Å². The van der Waals surface area contributed by atoms with E-state index in [1.165, 1.54) is 7.11 Å². The van der Waals surface area contributed by atoms with E-state index >= 15 is 0 Å². The van der Waals surface area contributed by atoms with Gasteiger partial charge in [0.05, 0.1) is 23.6 Å². The lowest BCUT2D eigenvalue weighted by molar-refractivity contribution is -0.152. The van der Waals surface area contributed by atoms with Gasteiger partial charge in [-0.05, 0) is 54.4 Å². The molecule has 0 radical (unpaired) electrons. The third-order valence-electron chi connectivity index (χ3n) is 3.20. The van der Waals surface area contributed by atoms with Gasteiger partial charge >= 0.3 is 5.97 Å². The van der Waals surface area contributed by atoms with E-state index in [9.17, 15) is 9.90 Å². The number of carbonyl (C=O) groups excluding carboxylic acids is 1. The molecule has 0 aliphatic heterocycles. The van der Waals surface area contributed by atoms with Crippen molar-refractivity contribution in [1.29, 1.82) is 0 Å². The number of benzene rings is 1. The number of phenols is 1. The summed E-state index contributed by atoms with van der Waals surface area (Å²) in [5.41, 5.74) is 5.95. The first-order valence-electron chi connectivity index (χ1n) is 6.24. The molecule has 0 amide bonds. The monoisotopic (exact) mass is 381 g/mol. The molecule has 1 aromatic rings. The molecule has 3 N–H and O–H groups in total. The van der Waals surface area contributed by atoms with Crippen LogP contribution in [0.5, 0.6) is 11.5 Å². The van der Waals surface area contributed by atoms with Crippen LogP contribution in [0.2, 0.25) is 0 Å². The normalized spacial score (nSPS) is 12.3. The van der Waals surface area contributed by atoms with Gasteiger partial charge in [0.2, 0.25) is 0 Å². The second kappa shape index (κ2) is 7.87. The predicted molar refractivity (Wildman–Crippen MR) is 86.9 cm³/mol. The van der Waals surface area contributed by atoms with Crippen molar-refractivity contribution >= 4 is 34.3 Å². The highest BCUT2D eigenvalue weighted by Crippen LogP contribution is 2.40. The summed E-state index contributed by atoms with van der Waals surface area (Å²) in [5.74, 6) is -0.0566. The van der Waals surface area contributed by atoms with Gasteiger partial charge in [0.15, 0.2) is 11.5 Å². The lowest BCUT2D eigenvalue weighted by atomic mass is 9.81. The minimum atomic E-state index is -0.894. The van der Waals surface area contributed by atoms with Crippen molar-refractivity contribution < 1.29 is 19.4 Å². The molecule has 0 aliphatic carbocycles. The third-order valence-corrected chi connectivity index (χ3v) is 3.80. The SMILES string of the molecule is CCOc1cc([C@H](N)C(C)(C)C(=O)OC)cc(Br)c1O.Cl. The fraction of sp³-hybridized carbons (Fsp3) is 0.500. The molecular weight excluding hydrogens is 362 g/mol. The molecule has 1 atom stereocenters. The van der Waals surface area contributed by atoms with Gasteiger partial charge in [0.1, 0.15) is 0 Å². The lowest BCUT2D eigenvalue weighted by Gasteiger charge is -2.29. The average molecular weight is 383 g/mol. The number of nitrogens with two attached hydrogens (primary N) is 1. The van der Waals surface area contributed by atoms with E-state index in [-0.39, 0.29) is 18.2 Å². The van der Waals surface area contributed by atoms with E-state index in [2.05, 4.69) is 15.9 Å². The molecule has 7 heteroatoms. The Hall–Kier alpha value is -0.980. The molecule has 0 spiro atoms. The summed E-state index contributed by atoms with van der Waals surface area (Å²) in [4.78, 5) is 11.8. The summed E-state index contributed by atoms with van der Waals surface area (Å²) < 4.78 is 10.6. The minimum absolute atomic E-state index is 0. The molecule has 0 bridgehead atoms. The molecule has 0 saturated carbocycles. The Bertz CT molecular complexity index is 508. The van der Waals surface area contributed by atoms with Crippen molar-refractivity contribution in [2.45, 2.75) is 26.8 Å². The first-order valence-corrected chi connectivity index (χ1v) is 7.04. The van der Waals surface area contributed by atoms with E-state index in [1.54, 1.807) is 26.0 Å². The van der Waals surface area contributed by atoms with Crippen LogP contribution < -0.4 is 10.5 Å². The Morgan fingerprint density at radius 3 is 2.52 bits per heavy atom. The first kappa shape index (κ1) is 20.0. The zero-order chi connectivity index (χ0) is 15.5. The maximum atomic E-state index is 11.8. The molecule has 1 aromatic carbocycles. The van der Waals surface area contributed by atoms with Gasteiger partial charge in [0, 0.05) is 6.04 Å². The number of rotatable bonds is 5. The molecule has 5 nitrogen and oxygen atoms in total. The number of hydrogen-bond donors (Lipinski definition) is 2. The van der Waals surface area contributed by atoms with E-state index in [1.807, 2.05) is 6.92 Å². The molecule has 1 rings (SSSR count). The molecule has 0 unspecified atom stereocenters. The van der Waals surface area contributed by atoms with E-state index in [4.69, 9.17) is 15.2 Å². The molecule has 0 fully saturated rings. The lowest BCUT2D eigenvalue weighted by Crippen LogP contribution is -2.37. The van der Waals surface area contributed by atoms with Gasteiger partial charge in [-0.2, -0.15) is 0 Å². The molecule has 0 saturated heterocycles. The third kappa shape index (κ3) is 4.25. The molecule has 21 heavy (non-hydrogen) atoms. The number of aromatic hydroxyl groups is 1. The van der Waals surface area contributed by atoms with Gasteiger partial charge < -0.3 is 20.3 Å². The molecular formula is C14H21BrClNO4. The van der Waals surface area contributed by atoms with Crippen molar-refractivity contribution in [3.8, 4) is 11.5 Å². The van der Waals surface area contributed by atoms with Crippen molar-refractivity contribution in [3.63, 3.8) is 0 Å². The van der Waals surface area contributed by atoms with Crippen LogP contribution in [0.15, 0.2) is 16.6 Å². The summed E-state index contributed by atoms with van der Waals surface area (Å²) in [6, 6.07) is 2.72. The van der Waals surface area contributed by atoms with Crippen LogP contribution in [0.3, 0.4) is 0 Å². The van der Waals surface area contributed by atoms with Crippen LogP contribution in [-0.4, -0.2) is 24.8 Å². The Balaban J connectivity index is 0.00000400. The number of methoxy groups -OCH3 is 1. The fourth-order valence-electron chi connectivity index (χ4n) is 1.85. The van der Waals surface area contributed by atoms with Gasteiger partial charge in [-0.25, -0.2) is 0 Å². The van der Waals surface area contributed by atoms with Crippen LogP contribution in [0.1, 0.15) is 32.4 Å². The summed E-state index contributed by atoms with van der Waals surface area (Å²) in [7, 11) is 1.33. The number of phenolic OH excluding ortho intramolecular Hbond substituents is 1. The van der Waals surface area contributed by atoms with E-state index < -0.39 is 17.4 Å². The van der Waals surface area contributed by atoms with Gasteiger partial charge in [-0.1, -0.05) is 0 Å². The standard InChI is InChI=1S/C14H20BrNO4.ClH/c1-5-20-10-7-8(6-9(15)11(10)17)12(16)14(2,3)13(18)19-4;/h6-7,12,17H,5,16H2,1-4H3;1H/t12-;/m0./s1. The molecule has 0 heterocycles. The molecule has 120 valence electrons. The molecule has 0 aromatic heterocycles. The zero-order valence-electron chi connectivity index (χ0n) is 12.5. The van der Waals surface area contributed by atoms with Crippen LogP contribution in [0.25, 0.3) is 0 Å². The van der Waals surface area contributed by atoms with Crippen LogP contribution in [0, 0.1) is 5.41 Å².